The molecule has 2 rings (SSSR count). The fraction of sp³-hybridized carbons (Fsp3) is 0.250. The fourth-order valence-corrected chi connectivity index (χ4v) is 1.87. The van der Waals surface area contributed by atoms with Gasteiger partial charge in [-0.25, -0.2) is 0 Å². The molecule has 5 heteroatoms. The molecule has 0 aliphatic heterocycles. The number of nitrogens with two attached hydrogens (primary N) is 1. The molecule has 0 saturated carbocycles. The van der Waals surface area contributed by atoms with Gasteiger partial charge in [0.05, 0.1) is 18.1 Å². The minimum absolute atomic E-state index is 0.600. The molecule has 0 spiro atoms. The third kappa shape index (κ3) is 3.00. The molecule has 17 heavy (non-hydrogen) atoms. The lowest BCUT2D eigenvalue weighted by Crippen LogP contribution is -1.95. The Morgan fingerprint density at radius 3 is 3.00 bits per heavy atom. The van der Waals surface area contributed by atoms with Crippen LogP contribution in [-0.4, -0.2) is 9.78 Å². The van der Waals surface area contributed by atoms with Crippen LogP contribution in [0.2, 0.25) is 0 Å². The molecule has 2 N–H and O–H groups in total. The smallest absolute Gasteiger partial charge is 0.165 e. The van der Waals surface area contributed by atoms with Gasteiger partial charge in [0.1, 0.15) is 0 Å². The van der Waals surface area contributed by atoms with E-state index < -0.39 is 0 Å². The van der Waals surface area contributed by atoms with Gasteiger partial charge in [-0.2, -0.15) is 5.10 Å². The lowest BCUT2D eigenvalue weighted by molar-refractivity contribution is 0.483. The molecule has 0 aliphatic rings. The summed E-state index contributed by atoms with van der Waals surface area (Å²) in [6.07, 6.45) is 4.60. The van der Waals surface area contributed by atoms with E-state index in [0.29, 0.717) is 17.2 Å². The van der Waals surface area contributed by atoms with Crippen LogP contribution < -0.4 is 10.5 Å². The molecule has 4 nitrogen and oxygen atoms in total. The molecule has 0 bridgehead atoms. The van der Waals surface area contributed by atoms with Crippen molar-refractivity contribution in [2.24, 2.45) is 0 Å². The van der Waals surface area contributed by atoms with Gasteiger partial charge in [-0.15, -0.1) is 0 Å². The first kappa shape index (κ1) is 12.0. The summed E-state index contributed by atoms with van der Waals surface area (Å²) >= 11 is 3.35. The molecular weight excluding hydrogens is 282 g/mol. The van der Waals surface area contributed by atoms with E-state index in [0.717, 1.165) is 17.4 Å². The van der Waals surface area contributed by atoms with E-state index in [2.05, 4.69) is 28.0 Å². The Hall–Kier alpha value is -1.49. The molecule has 90 valence electrons. The van der Waals surface area contributed by atoms with E-state index in [1.54, 1.807) is 6.20 Å². The molecule has 1 heterocycles. The highest BCUT2D eigenvalue weighted by molar-refractivity contribution is 9.10. The zero-order valence-corrected chi connectivity index (χ0v) is 11.1. The van der Waals surface area contributed by atoms with Gasteiger partial charge in [-0.3, -0.25) is 4.68 Å². The monoisotopic (exact) mass is 295 g/mol. The highest BCUT2D eigenvalue weighted by Crippen LogP contribution is 2.29. The first-order valence-corrected chi connectivity index (χ1v) is 6.23. The number of benzene rings is 1. The van der Waals surface area contributed by atoms with Crippen LogP contribution >= 0.6 is 15.9 Å². The van der Waals surface area contributed by atoms with Gasteiger partial charge in [0, 0.05) is 11.0 Å². The van der Waals surface area contributed by atoms with Crippen LogP contribution in [0.3, 0.4) is 0 Å². The first-order chi connectivity index (χ1) is 8.19. The van der Waals surface area contributed by atoms with Crippen molar-refractivity contribution in [3.63, 3.8) is 0 Å². The highest BCUT2D eigenvalue weighted by Gasteiger charge is 2.04. The van der Waals surface area contributed by atoms with Gasteiger partial charge < -0.3 is 10.5 Å². The predicted octanol–water partition coefficient (Wildman–Crippen LogP) is 3.43. The lowest BCUT2D eigenvalue weighted by Gasteiger charge is -2.06. The van der Waals surface area contributed by atoms with E-state index in [4.69, 9.17) is 10.5 Å². The van der Waals surface area contributed by atoms with Gasteiger partial charge in [0.2, 0.25) is 0 Å². The fourth-order valence-electron chi connectivity index (χ4n) is 1.49. The second-order valence-corrected chi connectivity index (χ2v) is 4.64. The third-order valence-electron chi connectivity index (χ3n) is 2.26. The standard InChI is InChI=1S/C12H14BrN3O/c1-2-5-16-8-10(7-15-16)17-12-4-3-9(13)6-11(12)14/h3-4,6-8H,2,5,14H2,1H3. The van der Waals surface area contributed by atoms with Gasteiger partial charge in [-0.05, 0) is 24.6 Å². The summed E-state index contributed by atoms with van der Waals surface area (Å²) in [7, 11) is 0. The molecule has 0 aliphatic carbocycles. The van der Waals surface area contributed by atoms with Crippen molar-refractivity contribution in [2.75, 3.05) is 5.73 Å². The number of nitrogen functional groups attached to an aromatic ring is 1. The minimum Gasteiger partial charge on any atom is -0.452 e. The van der Waals surface area contributed by atoms with Crippen LogP contribution in [0.4, 0.5) is 5.69 Å². The normalized spacial score (nSPS) is 10.5. The van der Waals surface area contributed by atoms with Crippen molar-refractivity contribution in [2.45, 2.75) is 19.9 Å². The average molecular weight is 296 g/mol. The summed E-state index contributed by atoms with van der Waals surface area (Å²) in [5.74, 6) is 1.34. The molecule has 0 amide bonds. The van der Waals surface area contributed by atoms with Gasteiger partial charge in [-0.1, -0.05) is 22.9 Å². The Morgan fingerprint density at radius 1 is 1.47 bits per heavy atom. The number of hydrogen-bond donors (Lipinski definition) is 1. The quantitative estimate of drug-likeness (QED) is 0.879. The number of aryl methyl sites for hydroxylation is 1. The summed E-state index contributed by atoms with van der Waals surface area (Å²) in [6, 6.07) is 5.53. The van der Waals surface area contributed by atoms with Crippen molar-refractivity contribution in [3.8, 4) is 11.5 Å². The minimum atomic E-state index is 0.600. The summed E-state index contributed by atoms with van der Waals surface area (Å²) in [4.78, 5) is 0. The number of nitrogens with zero attached hydrogens (tertiary/aromatic N) is 2. The third-order valence-corrected chi connectivity index (χ3v) is 2.76. The molecule has 0 atom stereocenters. The molecule has 1 aromatic carbocycles. The van der Waals surface area contributed by atoms with Crippen molar-refractivity contribution >= 4 is 21.6 Å². The Balaban J connectivity index is 2.13. The summed E-state index contributed by atoms with van der Waals surface area (Å²) in [5.41, 5.74) is 6.45. The molecule has 0 fully saturated rings. The topological polar surface area (TPSA) is 53.1 Å². The zero-order chi connectivity index (χ0) is 12.3. The van der Waals surface area contributed by atoms with Gasteiger partial charge >= 0.3 is 0 Å². The Kier molecular flexibility index (Phi) is 3.68. The van der Waals surface area contributed by atoms with Crippen molar-refractivity contribution in [1.29, 1.82) is 0 Å². The molecule has 0 radical (unpaired) electrons. The van der Waals surface area contributed by atoms with Crippen LogP contribution in [0.15, 0.2) is 35.1 Å². The van der Waals surface area contributed by atoms with Crippen molar-refractivity contribution < 1.29 is 4.74 Å². The Bertz CT molecular complexity index is 510. The maximum atomic E-state index is 5.85. The van der Waals surface area contributed by atoms with Crippen LogP contribution in [0, 0.1) is 0 Å². The number of aromatic nitrogens is 2. The average Bonchev–Trinajstić information content (AvgIpc) is 2.71. The van der Waals surface area contributed by atoms with E-state index >= 15 is 0 Å². The highest BCUT2D eigenvalue weighted by atomic mass is 79.9. The van der Waals surface area contributed by atoms with Crippen molar-refractivity contribution in [1.82, 2.24) is 9.78 Å². The van der Waals surface area contributed by atoms with Crippen LogP contribution in [0.1, 0.15) is 13.3 Å². The van der Waals surface area contributed by atoms with Crippen LogP contribution in [0.5, 0.6) is 11.5 Å². The molecular formula is C12H14BrN3O. The number of halogens is 1. The van der Waals surface area contributed by atoms with Crippen LogP contribution in [-0.2, 0) is 6.54 Å². The SMILES string of the molecule is CCCn1cc(Oc2ccc(Br)cc2N)cn1. The largest absolute Gasteiger partial charge is 0.452 e. The second kappa shape index (κ2) is 5.23. The Morgan fingerprint density at radius 2 is 2.29 bits per heavy atom. The van der Waals surface area contributed by atoms with Crippen molar-refractivity contribution in [3.05, 3.63) is 35.1 Å². The summed E-state index contributed by atoms with van der Waals surface area (Å²) < 4.78 is 8.45. The van der Waals surface area contributed by atoms with Gasteiger partial charge in [0.25, 0.3) is 0 Å². The number of ether oxygens (including phenoxy) is 1. The van der Waals surface area contributed by atoms with Gasteiger partial charge in [0.15, 0.2) is 11.5 Å². The molecule has 0 saturated heterocycles. The summed E-state index contributed by atoms with van der Waals surface area (Å²) in [5, 5.41) is 4.19. The number of rotatable bonds is 4. The van der Waals surface area contributed by atoms with E-state index in [1.165, 1.54) is 0 Å². The maximum absolute atomic E-state index is 5.85. The predicted molar refractivity (Wildman–Crippen MR) is 71.1 cm³/mol. The molecule has 1 aromatic heterocycles. The second-order valence-electron chi connectivity index (χ2n) is 3.72. The number of anilines is 1. The van der Waals surface area contributed by atoms with E-state index in [1.807, 2.05) is 29.1 Å². The first-order valence-electron chi connectivity index (χ1n) is 5.44. The summed E-state index contributed by atoms with van der Waals surface area (Å²) in [6.45, 7) is 2.99. The molecule has 0 unspecified atom stereocenters. The molecule has 2 aromatic rings. The zero-order valence-electron chi connectivity index (χ0n) is 9.56. The number of hydrogen-bond acceptors (Lipinski definition) is 3. The van der Waals surface area contributed by atoms with E-state index in [9.17, 15) is 0 Å². The van der Waals surface area contributed by atoms with Crippen LogP contribution in [0.25, 0.3) is 0 Å². The van der Waals surface area contributed by atoms with E-state index in [-0.39, 0.29) is 0 Å². The maximum Gasteiger partial charge on any atom is 0.165 e. The Labute approximate surface area is 109 Å². The lowest BCUT2D eigenvalue weighted by atomic mass is 10.3.